The number of benzene rings is 2. The van der Waals surface area contributed by atoms with E-state index < -0.39 is 5.97 Å². The molecule has 0 bridgehead atoms. The van der Waals surface area contributed by atoms with Gasteiger partial charge in [-0.1, -0.05) is 35.0 Å². The third-order valence-corrected chi connectivity index (χ3v) is 5.33. The Morgan fingerprint density at radius 2 is 1.83 bits per heavy atom. The van der Waals surface area contributed by atoms with Gasteiger partial charge in [-0.2, -0.15) is 0 Å². The minimum atomic E-state index is -1.04. The zero-order valence-corrected chi connectivity index (χ0v) is 14.7. The number of thiol groups is 1. The number of rotatable bonds is 3. The highest BCUT2D eigenvalue weighted by Gasteiger charge is 2.15. The van der Waals surface area contributed by atoms with Crippen molar-refractivity contribution in [3.63, 3.8) is 0 Å². The van der Waals surface area contributed by atoms with Gasteiger partial charge in [0.05, 0.1) is 11.1 Å². The molecule has 0 atom stereocenters. The number of fused-ring (bicyclic) bond motifs is 1. The number of hydrogen-bond donors (Lipinski definition) is 2. The van der Waals surface area contributed by atoms with E-state index in [0.717, 1.165) is 15.8 Å². The summed E-state index contributed by atoms with van der Waals surface area (Å²) in [5.74, 6) is -1.04. The van der Waals surface area contributed by atoms with Crippen LogP contribution in [-0.2, 0) is 0 Å². The van der Waals surface area contributed by atoms with Crippen LogP contribution in [0.2, 0.25) is 10.0 Å². The Labute approximate surface area is 152 Å². The Morgan fingerprint density at radius 1 is 1.13 bits per heavy atom. The molecule has 0 saturated heterocycles. The van der Waals surface area contributed by atoms with Crippen molar-refractivity contribution in [1.29, 1.82) is 0 Å². The maximum absolute atomic E-state index is 11.4. The molecule has 0 unspecified atom stereocenters. The van der Waals surface area contributed by atoms with Crippen molar-refractivity contribution in [3.05, 3.63) is 58.2 Å². The van der Waals surface area contributed by atoms with Crippen molar-refractivity contribution in [2.45, 2.75) is 14.7 Å². The van der Waals surface area contributed by atoms with Crippen LogP contribution in [0.4, 0.5) is 0 Å². The summed E-state index contributed by atoms with van der Waals surface area (Å²) in [5.41, 5.74) is 0.905. The van der Waals surface area contributed by atoms with Gasteiger partial charge in [0.15, 0.2) is 0 Å². The van der Waals surface area contributed by atoms with Crippen LogP contribution < -0.4 is 0 Å². The van der Waals surface area contributed by atoms with Crippen molar-refractivity contribution in [3.8, 4) is 0 Å². The highest BCUT2D eigenvalue weighted by molar-refractivity contribution is 8.00. The Hall–Kier alpha value is -1.40. The number of nitrogens with zero attached hydrogens (tertiary/aromatic N) is 1. The lowest BCUT2D eigenvalue weighted by molar-refractivity contribution is 0.0693. The van der Waals surface area contributed by atoms with E-state index in [1.807, 2.05) is 6.07 Å². The molecule has 0 aliphatic carbocycles. The van der Waals surface area contributed by atoms with E-state index in [-0.39, 0.29) is 5.56 Å². The molecule has 3 rings (SSSR count). The second kappa shape index (κ2) is 6.61. The molecule has 23 heavy (non-hydrogen) atoms. The van der Waals surface area contributed by atoms with E-state index in [0.29, 0.717) is 19.8 Å². The van der Waals surface area contributed by atoms with Crippen LogP contribution >= 0.6 is 47.6 Å². The zero-order valence-electron chi connectivity index (χ0n) is 11.5. The number of aromatic carboxylic acids is 1. The monoisotopic (exact) mass is 381 g/mol. The molecule has 116 valence electrons. The van der Waals surface area contributed by atoms with E-state index >= 15 is 0 Å². The Balaban J connectivity index is 2.17. The normalized spacial score (nSPS) is 10.9. The summed E-state index contributed by atoms with van der Waals surface area (Å²) in [5, 5.41) is 11.1. The first kappa shape index (κ1) is 16.5. The van der Waals surface area contributed by atoms with Gasteiger partial charge >= 0.3 is 5.97 Å². The summed E-state index contributed by atoms with van der Waals surface area (Å²) < 4.78 is 0. The van der Waals surface area contributed by atoms with Gasteiger partial charge in [0, 0.05) is 36.3 Å². The largest absolute Gasteiger partial charge is 0.478 e. The molecule has 1 aromatic heterocycles. The van der Waals surface area contributed by atoms with Crippen molar-refractivity contribution >= 4 is 64.5 Å². The van der Waals surface area contributed by atoms with Crippen LogP contribution in [0, 0.1) is 0 Å². The molecule has 1 N–H and O–H groups in total. The number of aromatic nitrogens is 1. The predicted octanol–water partition coefficient (Wildman–Crippen LogP) is 5.68. The van der Waals surface area contributed by atoms with E-state index in [1.165, 1.54) is 17.8 Å². The molecule has 0 fully saturated rings. The first-order valence-corrected chi connectivity index (χ1v) is 8.45. The number of pyridine rings is 1. The Morgan fingerprint density at radius 3 is 2.57 bits per heavy atom. The topological polar surface area (TPSA) is 50.2 Å². The molecule has 2 aromatic carbocycles. The van der Waals surface area contributed by atoms with Crippen LogP contribution in [0.15, 0.2) is 57.3 Å². The lowest BCUT2D eigenvalue weighted by Crippen LogP contribution is -1.99. The van der Waals surface area contributed by atoms with E-state index in [1.54, 1.807) is 30.5 Å². The molecular formula is C16H9Cl2NO2S2. The van der Waals surface area contributed by atoms with Gasteiger partial charge in [0.2, 0.25) is 0 Å². The van der Waals surface area contributed by atoms with Crippen LogP contribution in [-0.4, -0.2) is 16.1 Å². The lowest BCUT2D eigenvalue weighted by atomic mass is 10.2. The number of hydrogen-bond acceptors (Lipinski definition) is 4. The molecule has 3 aromatic rings. The first-order chi connectivity index (χ1) is 11.0. The van der Waals surface area contributed by atoms with Gasteiger partial charge < -0.3 is 5.11 Å². The maximum Gasteiger partial charge on any atom is 0.336 e. The molecular weight excluding hydrogens is 373 g/mol. The van der Waals surface area contributed by atoms with E-state index in [4.69, 9.17) is 23.2 Å². The fraction of sp³-hybridized carbons (Fsp3) is 0. The van der Waals surface area contributed by atoms with Crippen LogP contribution in [0.5, 0.6) is 0 Å². The number of carbonyl (C=O) groups is 1. The molecule has 0 amide bonds. The van der Waals surface area contributed by atoms with E-state index in [2.05, 4.69) is 17.6 Å². The summed E-state index contributed by atoms with van der Waals surface area (Å²) in [4.78, 5) is 17.8. The SMILES string of the molecule is O=C(O)c1cc(Cl)ccc1Sc1c(S)cnc2ccc(Cl)cc12. The molecule has 0 saturated carbocycles. The third-order valence-electron chi connectivity index (χ3n) is 3.15. The summed E-state index contributed by atoms with van der Waals surface area (Å²) in [6.45, 7) is 0. The van der Waals surface area contributed by atoms with Crippen LogP contribution in [0.25, 0.3) is 10.9 Å². The van der Waals surface area contributed by atoms with Gasteiger partial charge in [-0.15, -0.1) is 12.6 Å². The second-order valence-electron chi connectivity index (χ2n) is 4.68. The van der Waals surface area contributed by atoms with Crippen molar-refractivity contribution in [1.82, 2.24) is 4.98 Å². The number of carboxylic acids is 1. The van der Waals surface area contributed by atoms with Gasteiger partial charge in [0.1, 0.15) is 0 Å². The quantitative estimate of drug-likeness (QED) is 0.573. The second-order valence-corrected chi connectivity index (χ2v) is 7.09. The zero-order chi connectivity index (χ0) is 16.6. The summed E-state index contributed by atoms with van der Waals surface area (Å²) in [7, 11) is 0. The van der Waals surface area contributed by atoms with Crippen LogP contribution in [0.3, 0.4) is 0 Å². The lowest BCUT2D eigenvalue weighted by Gasteiger charge is -2.11. The van der Waals surface area contributed by atoms with Gasteiger partial charge in [-0.3, -0.25) is 4.98 Å². The van der Waals surface area contributed by atoms with E-state index in [9.17, 15) is 9.90 Å². The van der Waals surface area contributed by atoms with Crippen molar-refractivity contribution in [2.75, 3.05) is 0 Å². The van der Waals surface area contributed by atoms with Gasteiger partial charge in [-0.25, -0.2) is 4.79 Å². The average molecular weight is 382 g/mol. The number of carboxylic acid groups (broad SMARTS) is 1. The predicted molar refractivity (Wildman–Crippen MR) is 96.5 cm³/mol. The smallest absolute Gasteiger partial charge is 0.336 e. The first-order valence-electron chi connectivity index (χ1n) is 6.43. The molecule has 0 spiro atoms. The molecule has 0 aliphatic heterocycles. The molecule has 7 heteroatoms. The van der Waals surface area contributed by atoms with Crippen molar-refractivity contribution < 1.29 is 9.90 Å². The standard InChI is InChI=1S/C16H9Cl2NO2S2/c17-8-1-3-12-10(5-8)15(13(22)7-19-12)23-14-4-2-9(18)6-11(14)16(20)21/h1-7,22H,(H,20,21). The fourth-order valence-electron chi connectivity index (χ4n) is 2.11. The van der Waals surface area contributed by atoms with Crippen molar-refractivity contribution in [2.24, 2.45) is 0 Å². The summed E-state index contributed by atoms with van der Waals surface area (Å²) in [6, 6.07) is 10.1. The highest BCUT2D eigenvalue weighted by Crippen LogP contribution is 2.40. The maximum atomic E-state index is 11.4. The third kappa shape index (κ3) is 3.43. The molecule has 0 aliphatic rings. The number of halogens is 2. The highest BCUT2D eigenvalue weighted by atomic mass is 35.5. The van der Waals surface area contributed by atoms with Gasteiger partial charge in [-0.05, 0) is 36.4 Å². The average Bonchev–Trinajstić information content (AvgIpc) is 2.51. The minimum absolute atomic E-state index is 0.141. The minimum Gasteiger partial charge on any atom is -0.478 e. The summed E-state index contributed by atoms with van der Waals surface area (Å²) >= 11 is 17.7. The Bertz CT molecular complexity index is 926. The van der Waals surface area contributed by atoms with Crippen LogP contribution in [0.1, 0.15) is 10.4 Å². The molecule has 0 radical (unpaired) electrons. The fourth-order valence-corrected chi connectivity index (χ4v) is 3.81. The molecule has 3 nitrogen and oxygen atoms in total. The van der Waals surface area contributed by atoms with Gasteiger partial charge in [0.25, 0.3) is 0 Å². The summed E-state index contributed by atoms with van der Waals surface area (Å²) in [6.07, 6.45) is 1.64. The molecule has 1 heterocycles. The Kier molecular flexibility index (Phi) is 4.73.